The van der Waals surface area contributed by atoms with Crippen LogP contribution in [0.25, 0.3) is 0 Å². The van der Waals surface area contributed by atoms with Crippen molar-refractivity contribution >= 4 is 5.84 Å². The zero-order valence-corrected chi connectivity index (χ0v) is 11.4. The second kappa shape index (κ2) is 5.17. The average Bonchev–Trinajstić information content (AvgIpc) is 2.70. The van der Waals surface area contributed by atoms with Crippen LogP contribution in [-0.2, 0) is 6.54 Å². The second-order valence-electron chi connectivity index (χ2n) is 5.62. The van der Waals surface area contributed by atoms with Crippen LogP contribution < -0.4 is 5.73 Å². The van der Waals surface area contributed by atoms with Crippen LogP contribution in [0.1, 0.15) is 37.8 Å². The summed E-state index contributed by atoms with van der Waals surface area (Å²) in [6.07, 6.45) is 2.31. The molecule has 0 atom stereocenters. The van der Waals surface area contributed by atoms with E-state index in [2.05, 4.69) is 23.9 Å². The van der Waals surface area contributed by atoms with Crippen LogP contribution in [0, 0.1) is 5.82 Å². The maximum Gasteiger partial charge on any atom is 0.170 e. The van der Waals surface area contributed by atoms with Gasteiger partial charge >= 0.3 is 0 Å². The lowest BCUT2D eigenvalue weighted by molar-refractivity contribution is 0.166. The Labute approximate surface area is 112 Å². The number of halogens is 1. The number of rotatable bonds is 3. The maximum atomic E-state index is 13.3. The Morgan fingerprint density at radius 3 is 2.84 bits per heavy atom. The van der Waals surface area contributed by atoms with Crippen LogP contribution in [0.3, 0.4) is 0 Å². The maximum absolute atomic E-state index is 13.3. The molecule has 1 fully saturated rings. The molecule has 1 aliphatic heterocycles. The van der Waals surface area contributed by atoms with Gasteiger partial charge in [-0.3, -0.25) is 4.90 Å². The van der Waals surface area contributed by atoms with Crippen molar-refractivity contribution in [3.05, 3.63) is 35.1 Å². The van der Waals surface area contributed by atoms with E-state index in [1.54, 1.807) is 6.07 Å². The summed E-state index contributed by atoms with van der Waals surface area (Å²) in [5.74, 6) is -0.433. The number of oxime groups is 1. The Hall–Kier alpha value is -1.62. The highest BCUT2D eigenvalue weighted by Crippen LogP contribution is 2.30. The minimum absolute atomic E-state index is 0.0495. The molecule has 0 amide bonds. The molecular formula is C14H20FN3O. The molecule has 0 aliphatic carbocycles. The third kappa shape index (κ3) is 2.87. The molecule has 0 saturated carbocycles. The summed E-state index contributed by atoms with van der Waals surface area (Å²) < 4.78 is 13.3. The Morgan fingerprint density at radius 2 is 2.26 bits per heavy atom. The summed E-state index contributed by atoms with van der Waals surface area (Å²) in [6, 6.07) is 4.43. The van der Waals surface area contributed by atoms with Gasteiger partial charge in [-0.2, -0.15) is 0 Å². The van der Waals surface area contributed by atoms with Gasteiger partial charge in [-0.05, 0) is 50.9 Å². The molecule has 0 unspecified atom stereocenters. The summed E-state index contributed by atoms with van der Waals surface area (Å²) in [4.78, 5) is 2.34. The molecule has 0 spiro atoms. The molecule has 1 aliphatic rings. The standard InChI is InChI=1S/C14H20FN3O/c1-14(2)6-3-7-18(14)9-10-4-5-11(15)8-12(10)13(16)17-19/h4-5,8,19H,3,6-7,9H2,1-2H3,(H2,16,17). The molecule has 1 aromatic carbocycles. The highest BCUT2D eigenvalue weighted by molar-refractivity contribution is 5.98. The van der Waals surface area contributed by atoms with Crippen LogP contribution in [0.4, 0.5) is 4.39 Å². The number of likely N-dealkylation sites (tertiary alicyclic amines) is 1. The van der Waals surface area contributed by atoms with Crippen molar-refractivity contribution in [3.8, 4) is 0 Å². The molecule has 2 rings (SSSR count). The molecule has 1 heterocycles. The first-order chi connectivity index (χ1) is 8.94. The van der Waals surface area contributed by atoms with Crippen molar-refractivity contribution in [3.63, 3.8) is 0 Å². The van der Waals surface area contributed by atoms with Crippen LogP contribution in [-0.4, -0.2) is 28.0 Å². The van der Waals surface area contributed by atoms with Crippen LogP contribution >= 0.6 is 0 Å². The summed E-state index contributed by atoms with van der Waals surface area (Å²) >= 11 is 0. The predicted molar refractivity (Wildman–Crippen MR) is 72.6 cm³/mol. The van der Waals surface area contributed by atoms with Crippen LogP contribution in [0.15, 0.2) is 23.4 Å². The van der Waals surface area contributed by atoms with Crippen molar-refractivity contribution in [2.24, 2.45) is 10.9 Å². The number of amidine groups is 1. The molecule has 4 nitrogen and oxygen atoms in total. The van der Waals surface area contributed by atoms with Gasteiger partial charge in [-0.25, -0.2) is 4.39 Å². The quantitative estimate of drug-likeness (QED) is 0.381. The zero-order chi connectivity index (χ0) is 14.0. The van der Waals surface area contributed by atoms with E-state index in [4.69, 9.17) is 10.9 Å². The lowest BCUT2D eigenvalue weighted by Gasteiger charge is -2.32. The third-order valence-corrected chi connectivity index (χ3v) is 3.89. The van der Waals surface area contributed by atoms with Gasteiger partial charge in [0, 0.05) is 17.6 Å². The Bertz CT molecular complexity index is 499. The van der Waals surface area contributed by atoms with Gasteiger partial charge in [-0.15, -0.1) is 0 Å². The molecule has 0 bridgehead atoms. The highest BCUT2D eigenvalue weighted by Gasteiger charge is 2.32. The van der Waals surface area contributed by atoms with Crippen molar-refractivity contribution in [1.29, 1.82) is 0 Å². The topological polar surface area (TPSA) is 61.8 Å². The van der Waals surface area contributed by atoms with E-state index in [1.165, 1.54) is 12.1 Å². The number of hydrogen-bond donors (Lipinski definition) is 2. The Balaban J connectivity index is 2.30. The average molecular weight is 265 g/mol. The third-order valence-electron chi connectivity index (χ3n) is 3.89. The van der Waals surface area contributed by atoms with Crippen molar-refractivity contribution in [1.82, 2.24) is 4.90 Å². The number of nitrogens with zero attached hydrogens (tertiary/aromatic N) is 2. The summed E-state index contributed by atoms with van der Waals surface area (Å²) in [6.45, 7) is 6.10. The van der Waals surface area contributed by atoms with E-state index in [9.17, 15) is 4.39 Å². The van der Waals surface area contributed by atoms with E-state index >= 15 is 0 Å². The lowest BCUT2D eigenvalue weighted by atomic mass is 10.00. The van der Waals surface area contributed by atoms with Crippen molar-refractivity contribution < 1.29 is 9.60 Å². The van der Waals surface area contributed by atoms with Crippen LogP contribution in [0.5, 0.6) is 0 Å². The van der Waals surface area contributed by atoms with Gasteiger partial charge < -0.3 is 10.9 Å². The molecule has 0 aromatic heterocycles. The first kappa shape index (κ1) is 13.8. The second-order valence-corrected chi connectivity index (χ2v) is 5.62. The van der Waals surface area contributed by atoms with E-state index in [-0.39, 0.29) is 17.2 Å². The lowest BCUT2D eigenvalue weighted by Crippen LogP contribution is -2.38. The summed E-state index contributed by atoms with van der Waals surface area (Å²) in [5, 5.41) is 11.8. The van der Waals surface area contributed by atoms with E-state index in [0.717, 1.165) is 24.9 Å². The molecule has 104 valence electrons. The van der Waals surface area contributed by atoms with E-state index in [0.29, 0.717) is 12.1 Å². The van der Waals surface area contributed by atoms with Crippen molar-refractivity contribution in [2.45, 2.75) is 38.8 Å². The predicted octanol–water partition coefficient (Wildman–Crippen LogP) is 2.29. The Kier molecular flexibility index (Phi) is 3.75. The first-order valence-corrected chi connectivity index (χ1v) is 6.45. The van der Waals surface area contributed by atoms with Gasteiger partial charge in [0.15, 0.2) is 5.84 Å². The van der Waals surface area contributed by atoms with Crippen LogP contribution in [0.2, 0.25) is 0 Å². The number of benzene rings is 1. The summed E-state index contributed by atoms with van der Waals surface area (Å²) in [7, 11) is 0. The van der Waals surface area contributed by atoms with Gasteiger partial charge in [0.1, 0.15) is 5.82 Å². The molecule has 3 N–H and O–H groups in total. The van der Waals surface area contributed by atoms with E-state index < -0.39 is 0 Å². The first-order valence-electron chi connectivity index (χ1n) is 6.45. The molecule has 5 heteroatoms. The fourth-order valence-electron chi connectivity index (χ4n) is 2.64. The SMILES string of the molecule is CC1(C)CCCN1Cc1ccc(F)cc1C(N)=NO. The minimum Gasteiger partial charge on any atom is -0.409 e. The molecule has 19 heavy (non-hydrogen) atoms. The van der Waals surface area contributed by atoms with Gasteiger partial charge in [0.25, 0.3) is 0 Å². The monoisotopic (exact) mass is 265 g/mol. The van der Waals surface area contributed by atoms with Gasteiger partial charge in [0.2, 0.25) is 0 Å². The normalized spacial score (nSPS) is 19.8. The zero-order valence-electron chi connectivity index (χ0n) is 11.4. The summed E-state index contributed by atoms with van der Waals surface area (Å²) in [5.41, 5.74) is 7.10. The van der Waals surface area contributed by atoms with Gasteiger partial charge in [-0.1, -0.05) is 11.2 Å². The molecular weight excluding hydrogens is 245 g/mol. The smallest absolute Gasteiger partial charge is 0.170 e. The Morgan fingerprint density at radius 1 is 1.53 bits per heavy atom. The molecule has 1 aromatic rings. The van der Waals surface area contributed by atoms with Gasteiger partial charge in [0.05, 0.1) is 0 Å². The van der Waals surface area contributed by atoms with E-state index in [1.807, 2.05) is 0 Å². The number of nitrogens with two attached hydrogens (primary N) is 1. The highest BCUT2D eigenvalue weighted by atomic mass is 19.1. The fourth-order valence-corrected chi connectivity index (χ4v) is 2.64. The number of hydrogen-bond acceptors (Lipinski definition) is 3. The minimum atomic E-state index is -0.383. The molecule has 1 saturated heterocycles. The fraction of sp³-hybridized carbons (Fsp3) is 0.500. The largest absolute Gasteiger partial charge is 0.409 e. The molecule has 0 radical (unpaired) electrons. The van der Waals surface area contributed by atoms with Crippen molar-refractivity contribution in [2.75, 3.05) is 6.54 Å².